The summed E-state index contributed by atoms with van der Waals surface area (Å²) in [6, 6.07) is 3.49. The third-order valence-corrected chi connectivity index (χ3v) is 3.64. The number of Topliss-reactive ketones (excluding diaryl/α,β-unsaturated/α-hetero) is 1. The first-order valence-corrected chi connectivity index (χ1v) is 6.07. The van der Waals surface area contributed by atoms with Gasteiger partial charge < -0.3 is 0 Å². The molecule has 1 rings (SSSR count). The van der Waals surface area contributed by atoms with Gasteiger partial charge in [0, 0.05) is 0 Å². The molecule has 0 spiro atoms. The smallest absolute Gasteiger partial charge is 0.188 e. The summed E-state index contributed by atoms with van der Waals surface area (Å²) in [6.07, 6.45) is 1.01. The second-order valence-corrected chi connectivity index (χ2v) is 4.56. The van der Waals surface area contributed by atoms with E-state index in [1.165, 1.54) is 6.07 Å². The Hall–Kier alpha value is -1.29. The van der Waals surface area contributed by atoms with Gasteiger partial charge in [-0.3, -0.25) is 9.69 Å². The molecule has 0 aliphatic heterocycles. The number of ketones is 1. The van der Waals surface area contributed by atoms with Crippen LogP contribution in [0.25, 0.3) is 0 Å². The Balaban J connectivity index is 3.36. The predicted molar refractivity (Wildman–Crippen MR) is 67.7 cm³/mol. The molecular weight excluding hydrogens is 236 g/mol. The minimum atomic E-state index is -0.858. The lowest BCUT2D eigenvalue weighted by Gasteiger charge is -2.37. The van der Waals surface area contributed by atoms with Crippen LogP contribution in [0.3, 0.4) is 0 Å². The maximum atomic E-state index is 13.7. The lowest BCUT2D eigenvalue weighted by Crippen LogP contribution is -2.50. The van der Waals surface area contributed by atoms with Crippen molar-refractivity contribution in [2.75, 3.05) is 14.1 Å². The van der Waals surface area contributed by atoms with Crippen LogP contribution in [0.15, 0.2) is 18.2 Å². The fraction of sp³-hybridized carbons (Fsp3) is 0.500. The van der Waals surface area contributed by atoms with E-state index in [-0.39, 0.29) is 0 Å². The number of rotatable bonds is 5. The summed E-state index contributed by atoms with van der Waals surface area (Å²) >= 11 is 0. The average Bonchev–Trinajstić information content (AvgIpc) is 2.30. The monoisotopic (exact) mass is 255 g/mol. The van der Waals surface area contributed by atoms with E-state index in [0.29, 0.717) is 12.8 Å². The zero-order valence-electron chi connectivity index (χ0n) is 11.3. The summed E-state index contributed by atoms with van der Waals surface area (Å²) in [5, 5.41) is 0. The molecule has 0 N–H and O–H groups in total. The third kappa shape index (κ3) is 2.29. The van der Waals surface area contributed by atoms with Crippen molar-refractivity contribution in [2.24, 2.45) is 0 Å². The molecule has 0 unspecified atom stereocenters. The Morgan fingerprint density at radius 1 is 1.17 bits per heavy atom. The first-order chi connectivity index (χ1) is 8.40. The topological polar surface area (TPSA) is 20.3 Å². The van der Waals surface area contributed by atoms with E-state index >= 15 is 0 Å². The highest BCUT2D eigenvalue weighted by Gasteiger charge is 2.40. The van der Waals surface area contributed by atoms with Crippen LogP contribution in [0.5, 0.6) is 0 Å². The molecule has 100 valence electrons. The molecule has 0 aromatic heterocycles. The third-order valence-electron chi connectivity index (χ3n) is 3.64. The fourth-order valence-electron chi connectivity index (χ4n) is 2.35. The normalized spacial score (nSPS) is 11.9. The van der Waals surface area contributed by atoms with Crippen LogP contribution in [0.4, 0.5) is 8.78 Å². The number of likely N-dealkylation sites (N-methyl/N-ethyl adjacent to an activating group) is 1. The SMILES string of the molecule is CCC(CC)(C(=O)c1c(F)cccc1F)N(C)C. The largest absolute Gasteiger partial charge is 0.297 e. The molecule has 0 bridgehead atoms. The number of hydrogen-bond donors (Lipinski definition) is 0. The molecule has 0 atom stereocenters. The molecule has 0 saturated carbocycles. The molecule has 0 saturated heterocycles. The van der Waals surface area contributed by atoms with Crippen molar-refractivity contribution in [1.29, 1.82) is 0 Å². The van der Waals surface area contributed by atoms with Gasteiger partial charge >= 0.3 is 0 Å². The Bertz CT molecular complexity index is 419. The summed E-state index contributed by atoms with van der Waals surface area (Å²) < 4.78 is 27.4. The number of carbonyl (C=O) groups excluding carboxylic acids is 1. The second-order valence-electron chi connectivity index (χ2n) is 4.56. The van der Waals surface area contributed by atoms with Crippen LogP contribution in [0.2, 0.25) is 0 Å². The molecule has 2 nitrogen and oxygen atoms in total. The summed E-state index contributed by atoms with van der Waals surface area (Å²) in [4.78, 5) is 14.2. The number of halogens is 2. The van der Waals surface area contributed by atoms with Gasteiger partial charge in [0.15, 0.2) is 5.78 Å². The van der Waals surface area contributed by atoms with Crippen molar-refractivity contribution in [3.8, 4) is 0 Å². The van der Waals surface area contributed by atoms with E-state index in [2.05, 4.69) is 0 Å². The minimum absolute atomic E-state index is 0.435. The van der Waals surface area contributed by atoms with Crippen LogP contribution in [-0.2, 0) is 0 Å². The molecule has 1 aromatic carbocycles. The zero-order chi connectivity index (χ0) is 13.9. The zero-order valence-corrected chi connectivity index (χ0v) is 11.3. The van der Waals surface area contributed by atoms with E-state index in [4.69, 9.17) is 0 Å². The Labute approximate surface area is 107 Å². The molecule has 0 radical (unpaired) electrons. The van der Waals surface area contributed by atoms with Crippen LogP contribution >= 0.6 is 0 Å². The summed E-state index contributed by atoms with van der Waals surface area (Å²) in [7, 11) is 3.51. The van der Waals surface area contributed by atoms with Crippen molar-refractivity contribution in [3.63, 3.8) is 0 Å². The van der Waals surface area contributed by atoms with E-state index in [0.717, 1.165) is 12.1 Å². The second kappa shape index (κ2) is 5.57. The molecular formula is C14H19F2NO. The van der Waals surface area contributed by atoms with Crippen LogP contribution < -0.4 is 0 Å². The van der Waals surface area contributed by atoms with Gasteiger partial charge in [0.2, 0.25) is 0 Å². The van der Waals surface area contributed by atoms with Gasteiger partial charge in [-0.25, -0.2) is 8.78 Å². The minimum Gasteiger partial charge on any atom is -0.297 e. The number of carbonyl (C=O) groups is 1. The molecule has 0 amide bonds. The van der Waals surface area contributed by atoms with Crippen LogP contribution in [-0.4, -0.2) is 30.3 Å². The van der Waals surface area contributed by atoms with Gasteiger partial charge in [-0.2, -0.15) is 0 Å². The average molecular weight is 255 g/mol. The first-order valence-electron chi connectivity index (χ1n) is 6.07. The Morgan fingerprint density at radius 3 is 1.94 bits per heavy atom. The molecule has 0 aliphatic carbocycles. The predicted octanol–water partition coefficient (Wildman–Crippen LogP) is 3.27. The van der Waals surface area contributed by atoms with Crippen LogP contribution in [0.1, 0.15) is 37.0 Å². The number of hydrogen-bond acceptors (Lipinski definition) is 2. The maximum Gasteiger partial charge on any atom is 0.188 e. The standard InChI is InChI=1S/C14H19F2NO/c1-5-14(6-2,17(3)4)13(18)12-10(15)8-7-9-11(12)16/h7-9H,5-6H2,1-4H3. The van der Waals surface area contributed by atoms with Gasteiger partial charge in [0.05, 0.1) is 11.1 Å². The van der Waals surface area contributed by atoms with Gasteiger partial charge in [0.1, 0.15) is 11.6 Å². The van der Waals surface area contributed by atoms with Crippen molar-refractivity contribution < 1.29 is 13.6 Å². The molecule has 0 heterocycles. The van der Waals surface area contributed by atoms with Crippen molar-refractivity contribution >= 4 is 5.78 Å². The van der Waals surface area contributed by atoms with E-state index < -0.39 is 28.5 Å². The highest BCUT2D eigenvalue weighted by atomic mass is 19.1. The lowest BCUT2D eigenvalue weighted by molar-refractivity contribution is 0.0647. The maximum absolute atomic E-state index is 13.7. The summed E-state index contributed by atoms with van der Waals surface area (Å²) in [5.41, 5.74) is -1.29. The molecule has 4 heteroatoms. The van der Waals surface area contributed by atoms with Crippen molar-refractivity contribution in [3.05, 3.63) is 35.4 Å². The van der Waals surface area contributed by atoms with E-state index in [1.54, 1.807) is 19.0 Å². The highest BCUT2D eigenvalue weighted by Crippen LogP contribution is 2.28. The Morgan fingerprint density at radius 2 is 1.61 bits per heavy atom. The number of benzene rings is 1. The molecule has 18 heavy (non-hydrogen) atoms. The molecule has 1 aromatic rings. The first kappa shape index (κ1) is 14.8. The van der Waals surface area contributed by atoms with Crippen molar-refractivity contribution in [1.82, 2.24) is 4.90 Å². The molecule has 0 fully saturated rings. The van der Waals surface area contributed by atoms with Gasteiger partial charge in [-0.15, -0.1) is 0 Å². The number of nitrogens with zero attached hydrogens (tertiary/aromatic N) is 1. The van der Waals surface area contributed by atoms with E-state index in [9.17, 15) is 13.6 Å². The highest BCUT2D eigenvalue weighted by molar-refractivity contribution is 6.03. The van der Waals surface area contributed by atoms with Gasteiger partial charge in [0.25, 0.3) is 0 Å². The molecule has 0 aliphatic rings. The fourth-order valence-corrected chi connectivity index (χ4v) is 2.35. The quantitative estimate of drug-likeness (QED) is 0.753. The lowest BCUT2D eigenvalue weighted by atomic mass is 9.83. The van der Waals surface area contributed by atoms with E-state index in [1.807, 2.05) is 13.8 Å². The Kier molecular flexibility index (Phi) is 4.57. The van der Waals surface area contributed by atoms with Crippen LogP contribution in [0, 0.1) is 11.6 Å². The van der Waals surface area contributed by atoms with Gasteiger partial charge in [-0.1, -0.05) is 19.9 Å². The van der Waals surface area contributed by atoms with Crippen molar-refractivity contribution in [2.45, 2.75) is 32.2 Å². The summed E-state index contributed by atoms with van der Waals surface area (Å²) in [5.74, 6) is -2.09. The summed E-state index contributed by atoms with van der Waals surface area (Å²) in [6.45, 7) is 3.69. The van der Waals surface area contributed by atoms with Gasteiger partial charge in [-0.05, 0) is 39.1 Å².